The molecule has 1 atom stereocenters. The summed E-state index contributed by atoms with van der Waals surface area (Å²) in [5, 5.41) is 2.98. The number of nitrogens with one attached hydrogen (secondary N) is 1. The van der Waals surface area contributed by atoms with Crippen molar-refractivity contribution in [3.8, 4) is 0 Å². The number of carbonyl (C=O) groups excluding carboxylic acids is 1. The third kappa shape index (κ3) is 4.72. The third-order valence-corrected chi connectivity index (χ3v) is 5.04. The lowest BCUT2D eigenvalue weighted by Gasteiger charge is -2.24. The Labute approximate surface area is 122 Å². The van der Waals surface area contributed by atoms with Crippen molar-refractivity contribution in [2.24, 2.45) is 5.73 Å². The minimum Gasteiger partial charge on any atom is -0.352 e. The minimum atomic E-state index is -0.697. The van der Waals surface area contributed by atoms with Gasteiger partial charge in [-0.2, -0.15) is 0 Å². The first-order valence-corrected chi connectivity index (χ1v) is 8.59. The Morgan fingerprint density at radius 3 is 2.60 bits per heavy atom. The fourth-order valence-corrected chi connectivity index (χ4v) is 3.64. The number of nitrogens with two attached hydrogens (primary N) is 1. The molecular formula is C15H22N2O2S. The van der Waals surface area contributed by atoms with Gasteiger partial charge in [-0.1, -0.05) is 30.3 Å². The Morgan fingerprint density at radius 1 is 1.30 bits per heavy atom. The molecule has 0 radical (unpaired) electrons. The minimum absolute atomic E-state index is 0.0846. The normalized spacial score (nSPS) is 24.1. The molecule has 3 N–H and O–H groups in total. The molecule has 0 aromatic heterocycles. The van der Waals surface area contributed by atoms with Crippen LogP contribution in [0.3, 0.4) is 0 Å². The second-order valence-electron chi connectivity index (χ2n) is 5.26. The molecule has 1 fully saturated rings. The Hall–Kier alpha value is -1.20. The monoisotopic (exact) mass is 294 g/mol. The molecule has 0 bridgehead atoms. The van der Waals surface area contributed by atoms with Gasteiger partial charge in [-0.05, 0) is 31.2 Å². The lowest BCUT2D eigenvalue weighted by Crippen LogP contribution is -2.47. The van der Waals surface area contributed by atoms with Crippen molar-refractivity contribution in [2.45, 2.75) is 37.8 Å². The summed E-state index contributed by atoms with van der Waals surface area (Å²) < 4.78 is 11.3. The molecule has 1 amide bonds. The Bertz CT molecular complexity index is 454. The van der Waals surface area contributed by atoms with E-state index in [2.05, 4.69) is 5.32 Å². The number of rotatable bonds is 5. The summed E-state index contributed by atoms with van der Waals surface area (Å²) in [5.41, 5.74) is 7.14. The summed E-state index contributed by atoms with van der Waals surface area (Å²) in [6.07, 6.45) is 3.05. The number of hydrogen-bond acceptors (Lipinski definition) is 3. The van der Waals surface area contributed by atoms with Crippen LogP contribution in [-0.4, -0.2) is 33.7 Å². The fraction of sp³-hybridized carbons (Fsp3) is 0.533. The van der Waals surface area contributed by atoms with Crippen molar-refractivity contribution in [3.63, 3.8) is 0 Å². The number of carbonyl (C=O) groups is 1. The molecule has 1 aromatic carbocycles. The van der Waals surface area contributed by atoms with Crippen molar-refractivity contribution in [2.75, 3.05) is 11.5 Å². The molecule has 0 unspecified atom stereocenters. The first-order valence-electron chi connectivity index (χ1n) is 7.10. The molecule has 0 aliphatic carbocycles. The maximum atomic E-state index is 12.0. The molecule has 20 heavy (non-hydrogen) atoms. The van der Waals surface area contributed by atoms with Crippen molar-refractivity contribution in [1.82, 2.24) is 5.32 Å². The van der Waals surface area contributed by atoms with Crippen LogP contribution < -0.4 is 11.1 Å². The van der Waals surface area contributed by atoms with E-state index in [1.807, 2.05) is 30.3 Å². The van der Waals surface area contributed by atoms with Gasteiger partial charge in [0.1, 0.15) is 0 Å². The number of aryl methyl sites for hydroxylation is 1. The number of benzene rings is 1. The van der Waals surface area contributed by atoms with Gasteiger partial charge in [-0.25, -0.2) is 0 Å². The van der Waals surface area contributed by atoms with Gasteiger partial charge in [0.05, 0.1) is 6.04 Å². The van der Waals surface area contributed by atoms with Crippen LogP contribution in [0.25, 0.3) is 0 Å². The van der Waals surface area contributed by atoms with Gasteiger partial charge >= 0.3 is 0 Å². The maximum Gasteiger partial charge on any atom is 0.237 e. The molecule has 0 spiro atoms. The van der Waals surface area contributed by atoms with Crippen LogP contribution in [0.15, 0.2) is 30.3 Å². The summed E-state index contributed by atoms with van der Waals surface area (Å²) >= 11 is 0. The molecule has 2 rings (SSSR count). The van der Waals surface area contributed by atoms with Crippen molar-refractivity contribution < 1.29 is 9.00 Å². The van der Waals surface area contributed by atoms with E-state index in [1.54, 1.807) is 0 Å². The number of hydrogen-bond donors (Lipinski definition) is 2. The van der Waals surface area contributed by atoms with E-state index in [0.717, 1.165) is 19.3 Å². The highest BCUT2D eigenvalue weighted by Crippen LogP contribution is 2.10. The summed E-state index contributed by atoms with van der Waals surface area (Å²) in [4.78, 5) is 12.0. The molecule has 0 saturated carbocycles. The second kappa shape index (κ2) is 7.55. The molecule has 5 heteroatoms. The summed E-state index contributed by atoms with van der Waals surface area (Å²) in [6.45, 7) is 0. The van der Waals surface area contributed by atoms with E-state index >= 15 is 0 Å². The number of amides is 1. The van der Waals surface area contributed by atoms with Crippen molar-refractivity contribution >= 4 is 16.7 Å². The first-order chi connectivity index (χ1) is 9.65. The van der Waals surface area contributed by atoms with E-state index in [9.17, 15) is 9.00 Å². The topological polar surface area (TPSA) is 72.2 Å². The summed E-state index contributed by atoms with van der Waals surface area (Å²) in [7, 11) is -0.697. The zero-order chi connectivity index (χ0) is 14.4. The fourth-order valence-electron chi connectivity index (χ4n) is 2.34. The van der Waals surface area contributed by atoms with E-state index < -0.39 is 16.8 Å². The van der Waals surface area contributed by atoms with E-state index in [1.165, 1.54) is 5.56 Å². The van der Waals surface area contributed by atoms with Gasteiger partial charge in [0.25, 0.3) is 0 Å². The first kappa shape index (κ1) is 15.2. The Kier molecular flexibility index (Phi) is 5.73. The van der Waals surface area contributed by atoms with Gasteiger partial charge in [0, 0.05) is 28.3 Å². The van der Waals surface area contributed by atoms with Crippen LogP contribution >= 0.6 is 0 Å². The van der Waals surface area contributed by atoms with Gasteiger partial charge < -0.3 is 11.1 Å². The standard InChI is InChI=1S/C15H22N2O2S/c16-14(7-6-12-4-2-1-3-5-12)15(18)17-13-8-10-20(19)11-9-13/h1-5,13-14H,6-11,16H2,(H,17,18)/t13?,14-,20?/m0/s1. The van der Waals surface area contributed by atoms with Gasteiger partial charge in [-0.15, -0.1) is 0 Å². The average Bonchev–Trinajstić information content (AvgIpc) is 2.48. The largest absolute Gasteiger partial charge is 0.352 e. The lowest BCUT2D eigenvalue weighted by atomic mass is 10.0. The summed E-state index contributed by atoms with van der Waals surface area (Å²) in [6, 6.07) is 9.71. The van der Waals surface area contributed by atoms with E-state index in [-0.39, 0.29) is 11.9 Å². The predicted octanol–water partition coefficient (Wildman–Crippen LogP) is 0.974. The van der Waals surface area contributed by atoms with Crippen LogP contribution in [-0.2, 0) is 22.0 Å². The van der Waals surface area contributed by atoms with E-state index in [4.69, 9.17) is 5.73 Å². The highest BCUT2D eigenvalue weighted by atomic mass is 32.2. The Morgan fingerprint density at radius 2 is 1.95 bits per heavy atom. The van der Waals surface area contributed by atoms with Gasteiger partial charge in [0.15, 0.2) is 0 Å². The molecule has 1 aromatic rings. The highest BCUT2D eigenvalue weighted by molar-refractivity contribution is 7.85. The second-order valence-corrected chi connectivity index (χ2v) is 6.96. The lowest BCUT2D eigenvalue weighted by molar-refractivity contribution is -0.123. The van der Waals surface area contributed by atoms with Gasteiger partial charge in [0.2, 0.25) is 5.91 Å². The third-order valence-electron chi connectivity index (χ3n) is 3.66. The van der Waals surface area contributed by atoms with Crippen LogP contribution in [0.4, 0.5) is 0 Å². The van der Waals surface area contributed by atoms with E-state index in [0.29, 0.717) is 17.9 Å². The van der Waals surface area contributed by atoms with Crippen molar-refractivity contribution in [3.05, 3.63) is 35.9 Å². The predicted molar refractivity (Wildman–Crippen MR) is 81.8 cm³/mol. The smallest absolute Gasteiger partial charge is 0.237 e. The molecule has 1 aliphatic heterocycles. The zero-order valence-corrected chi connectivity index (χ0v) is 12.4. The van der Waals surface area contributed by atoms with Crippen LogP contribution in [0.5, 0.6) is 0 Å². The Balaban J connectivity index is 1.73. The van der Waals surface area contributed by atoms with Crippen LogP contribution in [0, 0.1) is 0 Å². The quantitative estimate of drug-likeness (QED) is 0.850. The summed E-state index contributed by atoms with van der Waals surface area (Å²) in [5.74, 6) is 1.28. The van der Waals surface area contributed by atoms with Crippen LogP contribution in [0.2, 0.25) is 0 Å². The molecule has 1 heterocycles. The molecular weight excluding hydrogens is 272 g/mol. The van der Waals surface area contributed by atoms with Crippen molar-refractivity contribution in [1.29, 1.82) is 0 Å². The molecule has 110 valence electrons. The van der Waals surface area contributed by atoms with Crippen LogP contribution in [0.1, 0.15) is 24.8 Å². The maximum absolute atomic E-state index is 12.0. The molecule has 1 saturated heterocycles. The molecule has 1 aliphatic rings. The highest BCUT2D eigenvalue weighted by Gasteiger charge is 2.22. The van der Waals surface area contributed by atoms with Gasteiger partial charge in [-0.3, -0.25) is 9.00 Å². The molecule has 4 nitrogen and oxygen atoms in total. The zero-order valence-electron chi connectivity index (χ0n) is 11.6. The average molecular weight is 294 g/mol. The SMILES string of the molecule is N[C@@H](CCc1ccccc1)C(=O)NC1CCS(=O)CC1.